The van der Waals surface area contributed by atoms with Gasteiger partial charge >= 0.3 is 0 Å². The Balaban J connectivity index is 1.61. The van der Waals surface area contributed by atoms with Crippen LogP contribution in [0.2, 0.25) is 0 Å². The van der Waals surface area contributed by atoms with Crippen molar-refractivity contribution >= 4 is 23.2 Å². The molecule has 5 nitrogen and oxygen atoms in total. The van der Waals surface area contributed by atoms with Gasteiger partial charge in [-0.1, -0.05) is 18.2 Å². The summed E-state index contributed by atoms with van der Waals surface area (Å²) in [5.41, 5.74) is 0.969. The maximum absolute atomic E-state index is 12.5. The Bertz CT molecular complexity index is 715. The lowest BCUT2D eigenvalue weighted by Gasteiger charge is -2.23. The molecule has 0 saturated carbocycles. The third-order valence-corrected chi connectivity index (χ3v) is 5.00. The number of likely N-dealkylation sites (tertiary alicyclic amines) is 1. The largest absolute Gasteiger partial charge is 0.497 e. The van der Waals surface area contributed by atoms with E-state index < -0.39 is 0 Å². The highest BCUT2D eigenvalue weighted by atomic mass is 32.1. The molecule has 0 aliphatic carbocycles. The average Bonchev–Trinajstić information content (AvgIpc) is 3.24. The quantitative estimate of drug-likeness (QED) is 0.876. The van der Waals surface area contributed by atoms with E-state index in [0.717, 1.165) is 16.2 Å². The van der Waals surface area contributed by atoms with Gasteiger partial charge in [0.25, 0.3) is 0 Å². The minimum atomic E-state index is -0.384. The van der Waals surface area contributed by atoms with Crippen LogP contribution in [0.4, 0.5) is 0 Å². The van der Waals surface area contributed by atoms with Crippen LogP contribution in [0.25, 0.3) is 0 Å². The number of carbonyl (C=O) groups is 2. The minimum Gasteiger partial charge on any atom is -0.497 e. The maximum Gasteiger partial charge on any atom is 0.243 e. The van der Waals surface area contributed by atoms with Crippen LogP contribution in [0.1, 0.15) is 23.3 Å². The Morgan fingerprint density at radius 2 is 2.25 bits per heavy atom. The molecule has 0 bridgehead atoms. The molecule has 126 valence electrons. The summed E-state index contributed by atoms with van der Waals surface area (Å²) in [4.78, 5) is 27.4. The monoisotopic (exact) mass is 344 g/mol. The number of thiophene rings is 1. The molecule has 1 aliphatic rings. The van der Waals surface area contributed by atoms with Crippen LogP contribution in [0.5, 0.6) is 5.75 Å². The fraction of sp³-hybridized carbons (Fsp3) is 0.333. The Hall–Kier alpha value is -2.34. The molecule has 0 spiro atoms. The Morgan fingerprint density at radius 3 is 3.00 bits per heavy atom. The zero-order valence-electron chi connectivity index (χ0n) is 13.5. The van der Waals surface area contributed by atoms with Crippen molar-refractivity contribution in [3.8, 4) is 5.75 Å². The summed E-state index contributed by atoms with van der Waals surface area (Å²) < 4.78 is 5.19. The van der Waals surface area contributed by atoms with E-state index in [1.165, 1.54) is 0 Å². The van der Waals surface area contributed by atoms with Crippen molar-refractivity contribution in [2.45, 2.75) is 32.0 Å². The van der Waals surface area contributed by atoms with E-state index in [-0.39, 0.29) is 17.9 Å². The highest BCUT2D eigenvalue weighted by Gasteiger charge is 2.35. The average molecular weight is 344 g/mol. The van der Waals surface area contributed by atoms with Gasteiger partial charge < -0.3 is 15.0 Å². The lowest BCUT2D eigenvalue weighted by Crippen LogP contribution is -2.43. The van der Waals surface area contributed by atoms with E-state index >= 15 is 0 Å². The smallest absolute Gasteiger partial charge is 0.243 e. The SMILES string of the molecule is COc1cccc(CNC(=O)[C@@H]2CCC(=O)N2Cc2cccs2)c1. The normalized spacial score (nSPS) is 17.1. The van der Waals surface area contributed by atoms with Crippen LogP contribution < -0.4 is 10.1 Å². The van der Waals surface area contributed by atoms with E-state index in [1.54, 1.807) is 23.3 Å². The van der Waals surface area contributed by atoms with Crippen LogP contribution in [0, 0.1) is 0 Å². The second kappa shape index (κ2) is 7.49. The summed E-state index contributed by atoms with van der Waals surface area (Å²) in [6.45, 7) is 0.932. The number of carbonyl (C=O) groups excluding carboxylic acids is 2. The topological polar surface area (TPSA) is 58.6 Å². The molecule has 1 saturated heterocycles. The lowest BCUT2D eigenvalue weighted by molar-refractivity contribution is -0.135. The van der Waals surface area contributed by atoms with Crippen LogP contribution in [0.3, 0.4) is 0 Å². The molecule has 1 aliphatic heterocycles. The van der Waals surface area contributed by atoms with Gasteiger partial charge in [0.15, 0.2) is 0 Å². The Kier molecular flexibility index (Phi) is 5.15. The number of nitrogens with one attached hydrogen (secondary N) is 1. The predicted molar refractivity (Wildman–Crippen MR) is 92.7 cm³/mol. The molecule has 2 aromatic rings. The van der Waals surface area contributed by atoms with Crippen LogP contribution in [-0.4, -0.2) is 29.9 Å². The van der Waals surface area contributed by atoms with Crippen LogP contribution in [0.15, 0.2) is 41.8 Å². The second-order valence-corrected chi connectivity index (χ2v) is 6.76. The van der Waals surface area contributed by atoms with E-state index in [2.05, 4.69) is 5.32 Å². The standard InChI is InChI=1S/C18H20N2O3S/c1-23-14-5-2-4-13(10-14)11-19-18(22)16-7-8-17(21)20(16)12-15-6-3-9-24-15/h2-6,9-10,16H,7-8,11-12H2,1H3,(H,19,22)/t16-/m0/s1. The van der Waals surface area contributed by atoms with Crippen molar-refractivity contribution < 1.29 is 14.3 Å². The van der Waals surface area contributed by atoms with Gasteiger partial charge in [-0.25, -0.2) is 0 Å². The molecule has 6 heteroatoms. The summed E-state index contributed by atoms with van der Waals surface area (Å²) >= 11 is 1.60. The van der Waals surface area contributed by atoms with Gasteiger partial charge in [-0.2, -0.15) is 0 Å². The van der Waals surface area contributed by atoms with Gasteiger partial charge in [0.05, 0.1) is 13.7 Å². The molecule has 1 fully saturated rings. The third kappa shape index (κ3) is 3.76. The van der Waals surface area contributed by atoms with Gasteiger partial charge in [-0.3, -0.25) is 9.59 Å². The maximum atomic E-state index is 12.5. The van der Waals surface area contributed by atoms with Crippen molar-refractivity contribution in [3.05, 3.63) is 52.2 Å². The van der Waals surface area contributed by atoms with Crippen LogP contribution >= 0.6 is 11.3 Å². The van der Waals surface area contributed by atoms with Gasteiger partial charge in [-0.15, -0.1) is 11.3 Å². The van der Waals surface area contributed by atoms with E-state index in [1.807, 2.05) is 41.8 Å². The second-order valence-electron chi connectivity index (χ2n) is 5.72. The van der Waals surface area contributed by atoms with Crippen molar-refractivity contribution in [2.24, 2.45) is 0 Å². The first kappa shape index (κ1) is 16.5. The third-order valence-electron chi connectivity index (χ3n) is 4.14. The Morgan fingerprint density at radius 1 is 1.38 bits per heavy atom. The molecule has 1 N–H and O–H groups in total. The number of rotatable bonds is 6. The van der Waals surface area contributed by atoms with Gasteiger partial charge in [0, 0.05) is 17.8 Å². The van der Waals surface area contributed by atoms with Crippen molar-refractivity contribution in [3.63, 3.8) is 0 Å². The molecule has 1 aromatic heterocycles. The molecule has 0 radical (unpaired) electrons. The molecule has 24 heavy (non-hydrogen) atoms. The molecule has 1 atom stereocenters. The molecule has 0 unspecified atom stereocenters. The predicted octanol–water partition coefficient (Wildman–Crippen LogP) is 2.56. The summed E-state index contributed by atoms with van der Waals surface area (Å²) in [6.07, 6.45) is 1.01. The highest BCUT2D eigenvalue weighted by molar-refractivity contribution is 7.09. The first-order valence-corrected chi connectivity index (χ1v) is 8.78. The number of nitrogens with zero attached hydrogens (tertiary/aromatic N) is 1. The number of ether oxygens (including phenoxy) is 1. The fourth-order valence-electron chi connectivity index (χ4n) is 2.86. The zero-order chi connectivity index (χ0) is 16.9. The van der Waals surface area contributed by atoms with E-state index in [4.69, 9.17) is 4.74 Å². The Labute approximate surface area is 145 Å². The number of methoxy groups -OCH3 is 1. The first-order chi connectivity index (χ1) is 11.7. The summed E-state index contributed by atoms with van der Waals surface area (Å²) in [5.74, 6) is 0.710. The molecular formula is C18H20N2O3S. The number of hydrogen-bond acceptors (Lipinski definition) is 4. The number of hydrogen-bond donors (Lipinski definition) is 1. The molecule has 2 heterocycles. The van der Waals surface area contributed by atoms with E-state index in [9.17, 15) is 9.59 Å². The summed E-state index contributed by atoms with van der Waals surface area (Å²) in [7, 11) is 1.62. The zero-order valence-corrected chi connectivity index (χ0v) is 14.3. The molecule has 3 rings (SSSR count). The van der Waals surface area contributed by atoms with Crippen molar-refractivity contribution in [1.29, 1.82) is 0 Å². The summed E-state index contributed by atoms with van der Waals surface area (Å²) in [6, 6.07) is 11.1. The molecule has 1 aromatic carbocycles. The highest BCUT2D eigenvalue weighted by Crippen LogP contribution is 2.23. The lowest BCUT2D eigenvalue weighted by atomic mass is 10.1. The molecule has 2 amide bonds. The minimum absolute atomic E-state index is 0.0462. The van der Waals surface area contributed by atoms with Crippen molar-refractivity contribution in [1.82, 2.24) is 10.2 Å². The summed E-state index contributed by atoms with van der Waals surface area (Å²) in [5, 5.41) is 4.92. The fourth-order valence-corrected chi connectivity index (χ4v) is 3.57. The van der Waals surface area contributed by atoms with E-state index in [0.29, 0.717) is 25.9 Å². The van der Waals surface area contributed by atoms with Gasteiger partial charge in [0.2, 0.25) is 11.8 Å². The van der Waals surface area contributed by atoms with Gasteiger partial charge in [0.1, 0.15) is 11.8 Å². The van der Waals surface area contributed by atoms with Crippen LogP contribution in [-0.2, 0) is 22.7 Å². The first-order valence-electron chi connectivity index (χ1n) is 7.90. The molecular weight excluding hydrogens is 324 g/mol. The van der Waals surface area contributed by atoms with Gasteiger partial charge in [-0.05, 0) is 35.6 Å². The number of benzene rings is 1. The number of amides is 2. The van der Waals surface area contributed by atoms with Crippen molar-refractivity contribution in [2.75, 3.05) is 7.11 Å².